The van der Waals surface area contributed by atoms with Crippen LogP contribution in [0.5, 0.6) is 0 Å². The molecule has 0 radical (unpaired) electrons. The van der Waals surface area contributed by atoms with Gasteiger partial charge in [0.2, 0.25) is 11.8 Å². The average Bonchev–Trinajstić information content (AvgIpc) is 3.31. The van der Waals surface area contributed by atoms with Gasteiger partial charge in [-0.15, -0.1) is 0 Å². The molecule has 0 aliphatic carbocycles. The van der Waals surface area contributed by atoms with E-state index >= 15 is 0 Å². The van der Waals surface area contributed by atoms with Gasteiger partial charge in [-0.1, -0.05) is 64.6 Å². The van der Waals surface area contributed by atoms with Crippen molar-refractivity contribution in [3.8, 4) is 0 Å². The van der Waals surface area contributed by atoms with Gasteiger partial charge in [0.05, 0.1) is 6.61 Å². The third kappa shape index (κ3) is 9.01. The summed E-state index contributed by atoms with van der Waals surface area (Å²) < 4.78 is 5.31. The van der Waals surface area contributed by atoms with Crippen molar-refractivity contribution in [2.45, 2.75) is 44.8 Å². The van der Waals surface area contributed by atoms with Gasteiger partial charge in [-0.2, -0.15) is 0 Å². The van der Waals surface area contributed by atoms with Crippen molar-refractivity contribution in [2.75, 3.05) is 30.0 Å². The molecule has 1 saturated heterocycles. The van der Waals surface area contributed by atoms with Crippen LogP contribution in [0.15, 0.2) is 60.8 Å². The predicted molar refractivity (Wildman–Crippen MR) is 165 cm³/mol. The summed E-state index contributed by atoms with van der Waals surface area (Å²) in [4.78, 5) is 64.6. The number of nitrogens with one attached hydrogen (secondary N) is 2. The van der Waals surface area contributed by atoms with Gasteiger partial charge >= 0.3 is 12.1 Å². The molecule has 4 rings (SSSR count). The monoisotopic (exact) mass is 626 g/mol. The van der Waals surface area contributed by atoms with Gasteiger partial charge in [-0.3, -0.25) is 24.5 Å². The number of carboxylic acid groups (broad SMARTS) is 1. The zero-order chi connectivity index (χ0) is 30.8. The first-order valence-corrected chi connectivity index (χ1v) is 16.3. The predicted octanol–water partition coefficient (Wildman–Crippen LogP) is 4.26. The van der Waals surface area contributed by atoms with E-state index in [1.54, 1.807) is 29.0 Å². The third-order valence-electron chi connectivity index (χ3n) is 6.91. The number of hydrogen-bond acceptors (Lipinski definition) is 8. The highest BCUT2D eigenvalue weighted by atomic mass is 33.1. The van der Waals surface area contributed by atoms with Crippen LogP contribution in [0.1, 0.15) is 47.2 Å². The zero-order valence-corrected chi connectivity index (χ0v) is 25.2. The highest BCUT2D eigenvalue weighted by molar-refractivity contribution is 8.76. The molecule has 228 valence electrons. The highest BCUT2D eigenvalue weighted by Crippen LogP contribution is 2.33. The van der Waals surface area contributed by atoms with Crippen molar-refractivity contribution >= 4 is 57.1 Å². The standard InChI is InChI=1S/C30H34N4O7S2/c1-20-11-12-25(28(38)31-20)34-18-23-22(29(34)39)9-5-10-24(23)32-30(40)41-14-6-15-42-43-16-13-26(35)33(19-27(36)37)17-21-7-3-2-4-8-21/h2-5,7-10,25H,1,6,11-19H2,(H,31,38)(H,32,40)(H,36,37). The van der Waals surface area contributed by atoms with E-state index in [4.69, 9.17) is 4.74 Å². The molecule has 11 nitrogen and oxygen atoms in total. The van der Waals surface area contributed by atoms with E-state index in [1.807, 2.05) is 30.3 Å². The van der Waals surface area contributed by atoms with Crippen LogP contribution in [0.3, 0.4) is 0 Å². The first-order valence-electron chi connectivity index (χ1n) is 13.9. The van der Waals surface area contributed by atoms with Crippen molar-refractivity contribution in [3.63, 3.8) is 0 Å². The summed E-state index contributed by atoms with van der Waals surface area (Å²) in [5, 5.41) is 14.6. The minimum absolute atomic E-state index is 0.188. The van der Waals surface area contributed by atoms with Gasteiger partial charge in [0.15, 0.2) is 0 Å². The Kier molecular flexibility index (Phi) is 11.5. The molecule has 2 aliphatic heterocycles. The van der Waals surface area contributed by atoms with E-state index in [2.05, 4.69) is 17.2 Å². The number of fused-ring (bicyclic) bond motifs is 1. The van der Waals surface area contributed by atoms with Gasteiger partial charge in [0.1, 0.15) is 12.6 Å². The van der Waals surface area contributed by atoms with Crippen LogP contribution in [-0.2, 0) is 32.2 Å². The number of carboxylic acids is 1. The van der Waals surface area contributed by atoms with Gasteiger partial charge < -0.3 is 25.0 Å². The van der Waals surface area contributed by atoms with Gasteiger partial charge in [0, 0.05) is 53.5 Å². The number of carbonyl (C=O) groups excluding carboxylic acids is 4. The fraction of sp³-hybridized carbons (Fsp3) is 0.367. The van der Waals surface area contributed by atoms with Crippen LogP contribution in [0, 0.1) is 0 Å². The van der Waals surface area contributed by atoms with Crippen LogP contribution in [0.4, 0.5) is 10.5 Å². The Labute approximate surface area is 257 Å². The second-order valence-electron chi connectivity index (χ2n) is 10.0. The second kappa shape index (κ2) is 15.5. The molecule has 0 bridgehead atoms. The Morgan fingerprint density at radius 2 is 1.86 bits per heavy atom. The molecule has 2 heterocycles. The van der Waals surface area contributed by atoms with E-state index in [1.165, 1.54) is 20.6 Å². The Morgan fingerprint density at radius 1 is 1.09 bits per heavy atom. The minimum atomic E-state index is -1.05. The SMILES string of the molecule is C=C1CCC(N2Cc3c(NC(=O)OCCCSSCCC(=O)N(CC(=O)O)Cc4ccccc4)cccc3C2=O)C(=O)N1. The molecule has 13 heteroatoms. The molecule has 1 fully saturated rings. The molecule has 43 heavy (non-hydrogen) atoms. The number of nitrogens with zero attached hydrogens (tertiary/aromatic N) is 2. The second-order valence-corrected chi connectivity index (χ2v) is 12.8. The van der Waals surface area contributed by atoms with Gasteiger partial charge in [-0.25, -0.2) is 4.79 Å². The molecule has 2 aromatic carbocycles. The lowest BCUT2D eigenvalue weighted by Crippen LogP contribution is -2.49. The minimum Gasteiger partial charge on any atom is -0.480 e. The third-order valence-corrected chi connectivity index (χ3v) is 9.41. The molecule has 0 spiro atoms. The number of allylic oxidation sites excluding steroid dienone is 1. The number of aliphatic carboxylic acids is 1. The molecule has 1 atom stereocenters. The molecular formula is C30H34N4O7S2. The number of piperidine rings is 1. The molecule has 2 aromatic rings. The molecule has 0 saturated carbocycles. The fourth-order valence-corrected chi connectivity index (χ4v) is 6.86. The largest absolute Gasteiger partial charge is 0.480 e. The Hall–Kier alpha value is -3.97. The van der Waals surface area contributed by atoms with Crippen LogP contribution in [0.2, 0.25) is 0 Å². The average molecular weight is 627 g/mol. The summed E-state index contributed by atoms with van der Waals surface area (Å²) in [5.74, 6) is -0.553. The number of rotatable bonds is 14. The first-order chi connectivity index (χ1) is 20.7. The first kappa shape index (κ1) is 32.0. The van der Waals surface area contributed by atoms with Crippen LogP contribution in [0.25, 0.3) is 0 Å². The van der Waals surface area contributed by atoms with E-state index in [0.29, 0.717) is 53.3 Å². The molecule has 4 amide bonds. The van der Waals surface area contributed by atoms with E-state index in [-0.39, 0.29) is 50.4 Å². The Morgan fingerprint density at radius 3 is 2.60 bits per heavy atom. The van der Waals surface area contributed by atoms with Crippen molar-refractivity contribution in [3.05, 3.63) is 77.5 Å². The van der Waals surface area contributed by atoms with E-state index in [9.17, 15) is 29.1 Å². The normalized spacial score (nSPS) is 16.0. The summed E-state index contributed by atoms with van der Waals surface area (Å²) in [6.07, 6.45) is 1.28. The maximum absolute atomic E-state index is 13.0. The van der Waals surface area contributed by atoms with E-state index < -0.39 is 18.1 Å². The van der Waals surface area contributed by atoms with Crippen molar-refractivity contribution in [1.82, 2.24) is 15.1 Å². The van der Waals surface area contributed by atoms with Gasteiger partial charge in [-0.05, 0) is 37.0 Å². The summed E-state index contributed by atoms with van der Waals surface area (Å²) >= 11 is 0. The fourth-order valence-electron chi connectivity index (χ4n) is 4.82. The summed E-state index contributed by atoms with van der Waals surface area (Å²) in [6.45, 7) is 4.08. The van der Waals surface area contributed by atoms with Crippen LogP contribution in [-0.4, -0.2) is 75.4 Å². The van der Waals surface area contributed by atoms with Crippen LogP contribution < -0.4 is 10.6 Å². The molecule has 0 aromatic heterocycles. The summed E-state index contributed by atoms with van der Waals surface area (Å²) in [6, 6.07) is 13.7. The zero-order valence-electron chi connectivity index (χ0n) is 23.6. The van der Waals surface area contributed by atoms with E-state index in [0.717, 1.165) is 5.56 Å². The number of amides is 4. The summed E-state index contributed by atoms with van der Waals surface area (Å²) in [7, 11) is 3.06. The lowest BCUT2D eigenvalue weighted by atomic mass is 10.0. The molecule has 1 unspecified atom stereocenters. The number of ether oxygens (including phenoxy) is 1. The lowest BCUT2D eigenvalue weighted by molar-refractivity contribution is -0.144. The lowest BCUT2D eigenvalue weighted by Gasteiger charge is -2.31. The molecule has 3 N–H and O–H groups in total. The Bertz CT molecular complexity index is 1370. The smallest absolute Gasteiger partial charge is 0.411 e. The molecular weight excluding hydrogens is 592 g/mol. The van der Waals surface area contributed by atoms with Crippen LogP contribution >= 0.6 is 21.6 Å². The highest BCUT2D eigenvalue weighted by Gasteiger charge is 2.39. The number of carbonyl (C=O) groups is 5. The topological polar surface area (TPSA) is 145 Å². The maximum atomic E-state index is 13.0. The van der Waals surface area contributed by atoms with Gasteiger partial charge in [0.25, 0.3) is 5.91 Å². The molecule has 2 aliphatic rings. The van der Waals surface area contributed by atoms with Crippen molar-refractivity contribution in [1.29, 1.82) is 0 Å². The van der Waals surface area contributed by atoms with Crippen molar-refractivity contribution < 1.29 is 33.8 Å². The summed E-state index contributed by atoms with van der Waals surface area (Å²) in [5.41, 5.74) is 3.08. The Balaban J connectivity index is 1.14. The maximum Gasteiger partial charge on any atom is 0.411 e. The quantitative estimate of drug-likeness (QED) is 0.207. The number of benzene rings is 2. The number of anilines is 1. The number of hydrogen-bond donors (Lipinski definition) is 3. The van der Waals surface area contributed by atoms with Crippen molar-refractivity contribution in [2.24, 2.45) is 0 Å².